The van der Waals surface area contributed by atoms with Crippen molar-refractivity contribution in [3.05, 3.63) is 30.1 Å². The van der Waals surface area contributed by atoms with E-state index in [2.05, 4.69) is 16.0 Å². The van der Waals surface area contributed by atoms with Crippen LogP contribution in [0, 0.1) is 23.2 Å². The van der Waals surface area contributed by atoms with Crippen LogP contribution in [0.3, 0.4) is 0 Å². The number of hydrogen-bond acceptors (Lipinski definition) is 5. The van der Waals surface area contributed by atoms with Crippen LogP contribution in [0.5, 0.6) is 0 Å². The minimum atomic E-state index is -0.564. The second kappa shape index (κ2) is 7.10. The molecule has 4 aliphatic rings. The van der Waals surface area contributed by atoms with Gasteiger partial charge in [0.15, 0.2) is 0 Å². The molecule has 2 amide bonds. The lowest BCUT2D eigenvalue weighted by atomic mass is 9.84. The Morgan fingerprint density at radius 2 is 1.83 bits per heavy atom. The number of nitrogens with zero attached hydrogens (tertiary/aromatic N) is 4. The molecule has 3 saturated heterocycles. The molecule has 4 fully saturated rings. The first-order valence-electron chi connectivity index (χ1n) is 10.7. The van der Waals surface area contributed by atoms with E-state index in [0.29, 0.717) is 12.3 Å². The fraction of sp³-hybridized carbons (Fsp3) is 0.636. The maximum atomic E-state index is 13.1. The number of fused-ring (bicyclic) bond motifs is 3. The number of nitrogens with two attached hydrogens (primary N) is 1. The number of piperidine rings is 2. The van der Waals surface area contributed by atoms with Crippen LogP contribution in [0.25, 0.3) is 0 Å². The van der Waals surface area contributed by atoms with Crippen LogP contribution < -0.4 is 5.73 Å². The second-order valence-corrected chi connectivity index (χ2v) is 9.16. The van der Waals surface area contributed by atoms with Crippen molar-refractivity contribution in [3.8, 4) is 6.07 Å². The molecule has 1 saturated carbocycles. The van der Waals surface area contributed by atoms with Crippen molar-refractivity contribution in [2.45, 2.75) is 75.2 Å². The lowest BCUT2D eigenvalue weighted by Gasteiger charge is -2.41. The molecule has 7 nitrogen and oxygen atoms in total. The summed E-state index contributed by atoms with van der Waals surface area (Å²) in [5.74, 6) is 0.691. The van der Waals surface area contributed by atoms with Gasteiger partial charge in [-0.1, -0.05) is 0 Å². The number of rotatable bonds is 4. The van der Waals surface area contributed by atoms with Crippen LogP contribution in [0.2, 0.25) is 0 Å². The second-order valence-electron chi connectivity index (χ2n) is 9.16. The molecule has 1 aromatic rings. The number of aromatic nitrogens is 1. The zero-order valence-corrected chi connectivity index (χ0v) is 16.5. The molecular formula is C22H27N5O2. The fourth-order valence-electron chi connectivity index (χ4n) is 5.95. The van der Waals surface area contributed by atoms with Crippen LogP contribution in [-0.2, 0) is 16.0 Å². The van der Waals surface area contributed by atoms with Crippen molar-refractivity contribution in [2.24, 2.45) is 17.6 Å². The molecule has 1 aromatic heterocycles. The Labute approximate surface area is 170 Å². The van der Waals surface area contributed by atoms with Crippen LogP contribution in [-0.4, -0.2) is 56.8 Å². The highest BCUT2D eigenvalue weighted by atomic mass is 16.2. The number of hydrogen-bond donors (Lipinski definition) is 1. The summed E-state index contributed by atoms with van der Waals surface area (Å²) in [6, 6.07) is 5.75. The van der Waals surface area contributed by atoms with Crippen molar-refractivity contribution >= 4 is 11.8 Å². The lowest BCUT2D eigenvalue weighted by molar-refractivity contribution is -0.138. The summed E-state index contributed by atoms with van der Waals surface area (Å²) in [4.78, 5) is 33.9. The maximum Gasteiger partial charge on any atom is 0.241 e. The third-order valence-electron chi connectivity index (χ3n) is 7.46. The minimum Gasteiger partial charge on any atom is -0.336 e. The highest BCUT2D eigenvalue weighted by Crippen LogP contribution is 2.48. The quantitative estimate of drug-likeness (QED) is 0.829. The first-order chi connectivity index (χ1) is 14.1. The molecule has 2 N–H and O–H groups in total. The molecule has 1 aliphatic carbocycles. The topological polar surface area (TPSA) is 103 Å². The summed E-state index contributed by atoms with van der Waals surface area (Å²) in [6.45, 7) is 0. The number of carbonyl (C=O) groups excluding carboxylic acids is 2. The summed E-state index contributed by atoms with van der Waals surface area (Å²) < 4.78 is 0. The van der Waals surface area contributed by atoms with E-state index in [1.54, 1.807) is 17.3 Å². The zero-order valence-electron chi connectivity index (χ0n) is 16.5. The van der Waals surface area contributed by atoms with Crippen molar-refractivity contribution in [1.82, 2.24) is 14.8 Å². The monoisotopic (exact) mass is 393 g/mol. The van der Waals surface area contributed by atoms with Crippen molar-refractivity contribution < 1.29 is 9.59 Å². The van der Waals surface area contributed by atoms with Gasteiger partial charge in [0.05, 0.1) is 18.5 Å². The summed E-state index contributed by atoms with van der Waals surface area (Å²) in [5.41, 5.74) is 7.44. The largest absolute Gasteiger partial charge is 0.336 e. The highest BCUT2D eigenvalue weighted by molar-refractivity contribution is 5.84. The number of likely N-dealkylation sites (tertiary alicyclic amines) is 1. The van der Waals surface area contributed by atoms with Gasteiger partial charge in [-0.3, -0.25) is 14.6 Å². The summed E-state index contributed by atoms with van der Waals surface area (Å²) in [6.07, 6.45) is 9.17. The number of amides is 2. The highest BCUT2D eigenvalue weighted by Gasteiger charge is 2.56. The van der Waals surface area contributed by atoms with E-state index in [0.717, 1.165) is 44.1 Å². The van der Waals surface area contributed by atoms with Gasteiger partial charge in [0.1, 0.15) is 6.04 Å². The molecule has 7 heteroatoms. The standard InChI is InChI=1S/C22H27N5O2/c23-12-18-8-14-11-19(14)27(18)22(29)21(24)15-9-16-1-2-17(10-15)26(16)20(28)7-13-3-5-25-6-4-13/h3-6,14-19,21H,1-2,7-11,24H2/t14?,15?,16-,17?,18?,19?,21-/m0/s1. The molecule has 7 atom stereocenters. The third-order valence-corrected chi connectivity index (χ3v) is 7.46. The average Bonchev–Trinajstić information content (AvgIpc) is 3.32. The minimum absolute atomic E-state index is 0.0532. The van der Waals surface area contributed by atoms with Crippen molar-refractivity contribution in [1.29, 1.82) is 5.26 Å². The van der Waals surface area contributed by atoms with Crippen LogP contribution in [0.4, 0.5) is 0 Å². The molecule has 4 heterocycles. The van der Waals surface area contributed by atoms with Gasteiger partial charge in [0.25, 0.3) is 0 Å². The predicted octanol–water partition coefficient (Wildman–Crippen LogP) is 1.23. The van der Waals surface area contributed by atoms with Gasteiger partial charge in [0, 0.05) is 30.5 Å². The molecule has 152 valence electrons. The van der Waals surface area contributed by atoms with Crippen molar-refractivity contribution in [2.75, 3.05) is 0 Å². The molecule has 0 radical (unpaired) electrons. The van der Waals surface area contributed by atoms with Crippen LogP contribution in [0.1, 0.15) is 44.1 Å². The number of nitriles is 1. The first-order valence-corrected chi connectivity index (χ1v) is 10.7. The van der Waals surface area contributed by atoms with Crippen LogP contribution >= 0.6 is 0 Å². The SMILES string of the molecule is N#CC1CC2CC2N1C(=O)[C@@H](N)C1CC2CC[C@@H](C1)N2C(=O)Cc1ccncc1. The summed E-state index contributed by atoms with van der Waals surface area (Å²) in [5, 5.41) is 9.39. The van der Waals surface area contributed by atoms with E-state index in [1.165, 1.54) is 0 Å². The Hall–Kier alpha value is -2.46. The maximum absolute atomic E-state index is 13.1. The van der Waals surface area contributed by atoms with E-state index in [9.17, 15) is 14.9 Å². The molecule has 5 unspecified atom stereocenters. The molecule has 0 aromatic carbocycles. The van der Waals surface area contributed by atoms with Gasteiger partial charge in [-0.25, -0.2) is 0 Å². The van der Waals surface area contributed by atoms with Gasteiger partial charge in [-0.2, -0.15) is 5.26 Å². The van der Waals surface area contributed by atoms with E-state index in [-0.39, 0.29) is 41.9 Å². The number of carbonyl (C=O) groups is 2. The first kappa shape index (κ1) is 18.6. The predicted molar refractivity (Wildman–Crippen MR) is 105 cm³/mol. The lowest BCUT2D eigenvalue weighted by Crippen LogP contribution is -2.55. The third kappa shape index (κ3) is 3.20. The van der Waals surface area contributed by atoms with E-state index in [1.807, 2.05) is 12.1 Å². The Morgan fingerprint density at radius 1 is 1.14 bits per heavy atom. The molecule has 0 spiro atoms. The van der Waals surface area contributed by atoms with Gasteiger partial charge in [-0.05, 0) is 68.1 Å². The average molecular weight is 393 g/mol. The molecule has 2 bridgehead atoms. The van der Waals surface area contributed by atoms with Gasteiger partial charge < -0.3 is 15.5 Å². The Kier molecular flexibility index (Phi) is 4.54. The molecule has 29 heavy (non-hydrogen) atoms. The zero-order chi connectivity index (χ0) is 20.1. The van der Waals surface area contributed by atoms with Crippen LogP contribution in [0.15, 0.2) is 24.5 Å². The van der Waals surface area contributed by atoms with Crippen molar-refractivity contribution in [3.63, 3.8) is 0 Å². The van der Waals surface area contributed by atoms with E-state index in [4.69, 9.17) is 5.73 Å². The summed E-state index contributed by atoms with van der Waals surface area (Å²) in [7, 11) is 0. The molecular weight excluding hydrogens is 366 g/mol. The smallest absolute Gasteiger partial charge is 0.241 e. The Bertz CT molecular complexity index is 839. The summed E-state index contributed by atoms with van der Waals surface area (Å²) >= 11 is 0. The van der Waals surface area contributed by atoms with E-state index >= 15 is 0 Å². The number of pyridine rings is 1. The van der Waals surface area contributed by atoms with Gasteiger partial charge in [0.2, 0.25) is 11.8 Å². The Morgan fingerprint density at radius 3 is 2.48 bits per heavy atom. The van der Waals surface area contributed by atoms with E-state index < -0.39 is 6.04 Å². The Balaban J connectivity index is 1.24. The normalized spacial score (nSPS) is 35.7. The molecule has 5 rings (SSSR count). The van der Waals surface area contributed by atoms with Gasteiger partial charge >= 0.3 is 0 Å². The van der Waals surface area contributed by atoms with Gasteiger partial charge in [-0.15, -0.1) is 0 Å². The fourth-order valence-corrected chi connectivity index (χ4v) is 5.95. The molecule has 3 aliphatic heterocycles.